The summed E-state index contributed by atoms with van der Waals surface area (Å²) in [5.41, 5.74) is 1.16. The van der Waals surface area contributed by atoms with Crippen molar-refractivity contribution in [1.82, 2.24) is 4.90 Å². The molecule has 0 aliphatic carbocycles. The molecule has 0 aliphatic heterocycles. The van der Waals surface area contributed by atoms with Gasteiger partial charge in [-0.2, -0.15) is 0 Å². The Balaban J connectivity index is 2.13. The predicted octanol–water partition coefficient (Wildman–Crippen LogP) is 4.12. The largest absolute Gasteiger partial charge is 0.481 e. The van der Waals surface area contributed by atoms with Gasteiger partial charge >= 0.3 is 12.1 Å². The van der Waals surface area contributed by atoms with Crippen LogP contribution in [0.3, 0.4) is 0 Å². The molecule has 2 aromatic rings. The van der Waals surface area contributed by atoms with E-state index in [1.165, 1.54) is 4.90 Å². The lowest BCUT2D eigenvalue weighted by Gasteiger charge is -2.30. The van der Waals surface area contributed by atoms with E-state index >= 15 is 0 Å². The smallest absolute Gasteiger partial charge is 0.410 e. The highest BCUT2D eigenvalue weighted by molar-refractivity contribution is 5.73. The summed E-state index contributed by atoms with van der Waals surface area (Å²) in [5.74, 6) is -2.26. The highest BCUT2D eigenvalue weighted by Gasteiger charge is 2.32. The molecule has 2 unspecified atom stereocenters. The van der Waals surface area contributed by atoms with Crippen LogP contribution < -0.4 is 0 Å². The standard InChI is InChI=1S/C24H31NO5/c1-24(2,3)30-23(29)25(16-19-12-8-5-9-13-19)17-20(22(27)28)21(26)15-14-18-10-6-4-7-11-18/h4-13,20-21,26H,14-17H2,1-3H3,(H,27,28). The molecule has 2 atom stereocenters. The number of carboxylic acids is 1. The van der Waals surface area contributed by atoms with Gasteiger partial charge in [0, 0.05) is 13.1 Å². The summed E-state index contributed by atoms with van der Waals surface area (Å²) < 4.78 is 5.47. The van der Waals surface area contributed by atoms with E-state index < -0.39 is 29.7 Å². The van der Waals surface area contributed by atoms with Crippen LogP contribution in [0.2, 0.25) is 0 Å². The molecule has 0 saturated heterocycles. The van der Waals surface area contributed by atoms with Crippen molar-refractivity contribution in [3.05, 3.63) is 71.8 Å². The van der Waals surface area contributed by atoms with Crippen molar-refractivity contribution < 1.29 is 24.5 Å². The van der Waals surface area contributed by atoms with E-state index in [0.29, 0.717) is 6.42 Å². The van der Waals surface area contributed by atoms with Crippen LogP contribution in [0.25, 0.3) is 0 Å². The average molecular weight is 414 g/mol. The second kappa shape index (κ2) is 10.8. The number of carbonyl (C=O) groups is 2. The van der Waals surface area contributed by atoms with E-state index in [0.717, 1.165) is 11.1 Å². The maximum atomic E-state index is 12.8. The SMILES string of the molecule is CC(C)(C)OC(=O)N(Cc1ccccc1)CC(C(=O)O)C(O)CCc1ccccc1. The summed E-state index contributed by atoms with van der Waals surface area (Å²) in [6.45, 7) is 5.33. The maximum Gasteiger partial charge on any atom is 0.410 e. The van der Waals surface area contributed by atoms with Gasteiger partial charge in [0.15, 0.2) is 0 Å². The molecule has 0 bridgehead atoms. The lowest BCUT2D eigenvalue weighted by atomic mass is 9.95. The minimum Gasteiger partial charge on any atom is -0.481 e. The number of aryl methyl sites for hydroxylation is 1. The van der Waals surface area contributed by atoms with Crippen LogP contribution in [0.15, 0.2) is 60.7 Å². The van der Waals surface area contributed by atoms with Crippen LogP contribution in [0.4, 0.5) is 4.79 Å². The minimum atomic E-state index is -1.14. The zero-order valence-corrected chi connectivity index (χ0v) is 17.8. The Morgan fingerprint density at radius 2 is 1.50 bits per heavy atom. The number of benzene rings is 2. The maximum absolute atomic E-state index is 12.8. The fourth-order valence-electron chi connectivity index (χ4n) is 3.10. The van der Waals surface area contributed by atoms with Gasteiger partial charge in [0.2, 0.25) is 0 Å². The Morgan fingerprint density at radius 1 is 0.967 bits per heavy atom. The highest BCUT2D eigenvalue weighted by Crippen LogP contribution is 2.18. The topological polar surface area (TPSA) is 87.1 Å². The second-order valence-electron chi connectivity index (χ2n) is 8.38. The van der Waals surface area contributed by atoms with Crippen LogP contribution in [-0.4, -0.2) is 45.4 Å². The van der Waals surface area contributed by atoms with Crippen LogP contribution in [0, 0.1) is 5.92 Å². The number of amides is 1. The van der Waals surface area contributed by atoms with Gasteiger partial charge in [0.25, 0.3) is 0 Å². The summed E-state index contributed by atoms with van der Waals surface area (Å²) in [7, 11) is 0. The predicted molar refractivity (Wildman–Crippen MR) is 115 cm³/mol. The third-order valence-electron chi connectivity index (χ3n) is 4.64. The molecule has 0 fully saturated rings. The van der Waals surface area contributed by atoms with Crippen molar-refractivity contribution in [2.45, 2.75) is 51.9 Å². The van der Waals surface area contributed by atoms with Gasteiger partial charge < -0.3 is 19.8 Å². The quantitative estimate of drug-likeness (QED) is 0.646. The third-order valence-corrected chi connectivity index (χ3v) is 4.64. The first kappa shape index (κ1) is 23.4. The van der Waals surface area contributed by atoms with Gasteiger partial charge in [-0.15, -0.1) is 0 Å². The minimum absolute atomic E-state index is 0.144. The van der Waals surface area contributed by atoms with E-state index in [2.05, 4.69) is 0 Å². The molecule has 0 saturated carbocycles. The molecule has 162 valence electrons. The molecule has 30 heavy (non-hydrogen) atoms. The lowest BCUT2D eigenvalue weighted by Crippen LogP contribution is -2.44. The Kier molecular flexibility index (Phi) is 8.42. The molecule has 6 heteroatoms. The van der Waals surface area contributed by atoms with Crippen molar-refractivity contribution in [3.8, 4) is 0 Å². The van der Waals surface area contributed by atoms with Gasteiger partial charge in [0.05, 0.1) is 6.10 Å². The number of hydrogen-bond acceptors (Lipinski definition) is 4. The van der Waals surface area contributed by atoms with Crippen LogP contribution in [0.5, 0.6) is 0 Å². The van der Waals surface area contributed by atoms with Crippen molar-refractivity contribution >= 4 is 12.1 Å². The van der Waals surface area contributed by atoms with Gasteiger partial charge in [-0.25, -0.2) is 4.79 Å². The Labute approximate surface area is 178 Å². The fraction of sp³-hybridized carbons (Fsp3) is 0.417. The van der Waals surface area contributed by atoms with E-state index in [1.54, 1.807) is 20.8 Å². The van der Waals surface area contributed by atoms with E-state index in [-0.39, 0.29) is 19.5 Å². The average Bonchev–Trinajstić information content (AvgIpc) is 2.69. The normalized spacial score (nSPS) is 13.3. The van der Waals surface area contributed by atoms with Gasteiger partial charge in [-0.3, -0.25) is 4.79 Å². The van der Waals surface area contributed by atoms with E-state index in [9.17, 15) is 19.8 Å². The lowest BCUT2D eigenvalue weighted by molar-refractivity contribution is -0.146. The second-order valence-corrected chi connectivity index (χ2v) is 8.38. The number of ether oxygens (including phenoxy) is 1. The summed E-state index contributed by atoms with van der Waals surface area (Å²) in [4.78, 5) is 26.0. The fourth-order valence-corrected chi connectivity index (χ4v) is 3.10. The molecule has 0 spiro atoms. The van der Waals surface area contributed by atoms with E-state index in [4.69, 9.17) is 4.74 Å². The number of nitrogens with zero attached hydrogens (tertiary/aromatic N) is 1. The molecule has 2 rings (SSSR count). The van der Waals surface area contributed by atoms with Crippen molar-refractivity contribution in [1.29, 1.82) is 0 Å². The van der Waals surface area contributed by atoms with Gasteiger partial charge in [0.1, 0.15) is 11.5 Å². The van der Waals surface area contributed by atoms with Crippen molar-refractivity contribution in [3.63, 3.8) is 0 Å². The number of rotatable bonds is 9. The molecule has 0 heterocycles. The summed E-state index contributed by atoms with van der Waals surface area (Å²) >= 11 is 0. The summed E-state index contributed by atoms with van der Waals surface area (Å²) in [6, 6.07) is 18.9. The third kappa shape index (κ3) is 7.87. The first-order chi connectivity index (χ1) is 14.2. The number of aliphatic carboxylic acids is 1. The molecule has 0 aliphatic rings. The summed E-state index contributed by atoms with van der Waals surface area (Å²) in [6.07, 6.45) is -0.859. The molecule has 1 amide bonds. The van der Waals surface area contributed by atoms with Gasteiger partial charge in [-0.1, -0.05) is 60.7 Å². The zero-order valence-electron chi connectivity index (χ0n) is 17.8. The zero-order chi connectivity index (χ0) is 22.1. The molecule has 0 aromatic heterocycles. The Hall–Kier alpha value is -2.86. The van der Waals surface area contributed by atoms with E-state index in [1.807, 2.05) is 60.7 Å². The number of hydrogen-bond donors (Lipinski definition) is 2. The Bertz CT molecular complexity index is 801. The van der Waals surface area contributed by atoms with Crippen molar-refractivity contribution in [2.75, 3.05) is 6.54 Å². The van der Waals surface area contributed by atoms with Crippen LogP contribution in [-0.2, 0) is 22.5 Å². The molecule has 2 N–H and O–H groups in total. The van der Waals surface area contributed by atoms with Crippen molar-refractivity contribution in [2.24, 2.45) is 5.92 Å². The monoisotopic (exact) mass is 413 g/mol. The first-order valence-corrected chi connectivity index (χ1v) is 10.1. The highest BCUT2D eigenvalue weighted by atomic mass is 16.6. The molecule has 2 aromatic carbocycles. The molecule has 0 radical (unpaired) electrons. The summed E-state index contributed by atoms with van der Waals surface area (Å²) in [5, 5.41) is 20.3. The number of carboxylic acid groups (broad SMARTS) is 1. The number of aliphatic hydroxyl groups excluding tert-OH is 1. The van der Waals surface area contributed by atoms with Crippen LogP contribution in [0.1, 0.15) is 38.3 Å². The number of carbonyl (C=O) groups excluding carboxylic acids is 1. The Morgan fingerprint density at radius 3 is 2.00 bits per heavy atom. The molecular formula is C24H31NO5. The number of aliphatic hydroxyl groups is 1. The molecular weight excluding hydrogens is 382 g/mol. The first-order valence-electron chi connectivity index (χ1n) is 10.1. The van der Waals surface area contributed by atoms with Crippen LogP contribution >= 0.6 is 0 Å². The molecule has 6 nitrogen and oxygen atoms in total. The van der Waals surface area contributed by atoms with Gasteiger partial charge in [-0.05, 0) is 44.7 Å².